The predicted octanol–water partition coefficient (Wildman–Crippen LogP) is 1.82. The molecule has 0 spiro atoms. The van der Waals surface area contributed by atoms with Crippen molar-refractivity contribution in [1.82, 2.24) is 19.6 Å². The van der Waals surface area contributed by atoms with Crippen LogP contribution in [0.1, 0.15) is 11.3 Å². The lowest BCUT2D eigenvalue weighted by Gasteiger charge is -2.29. The summed E-state index contributed by atoms with van der Waals surface area (Å²) >= 11 is 0. The van der Waals surface area contributed by atoms with Crippen molar-refractivity contribution in [3.8, 4) is 11.3 Å². The number of nitrogens with zero attached hydrogens (tertiary/aromatic N) is 4. The number of benzene rings is 1. The maximum atomic E-state index is 5.45. The second kappa shape index (κ2) is 7.68. The van der Waals surface area contributed by atoms with E-state index >= 15 is 0 Å². The number of aryl methyl sites for hydroxylation is 1. The van der Waals surface area contributed by atoms with Crippen LogP contribution in [0.25, 0.3) is 11.3 Å². The third-order valence-corrected chi connectivity index (χ3v) is 5.50. The zero-order valence-corrected chi connectivity index (χ0v) is 15.2. The van der Waals surface area contributed by atoms with Crippen molar-refractivity contribution in [1.29, 1.82) is 0 Å². The van der Waals surface area contributed by atoms with E-state index < -0.39 is 0 Å². The zero-order valence-electron chi connectivity index (χ0n) is 15.2. The second-order valence-electron chi connectivity index (χ2n) is 7.06. The van der Waals surface area contributed by atoms with Crippen molar-refractivity contribution in [2.75, 3.05) is 52.5 Å². The molecule has 0 unspecified atom stereocenters. The summed E-state index contributed by atoms with van der Waals surface area (Å²) in [6, 6.07) is 10.6. The van der Waals surface area contributed by atoms with Crippen LogP contribution < -0.4 is 0 Å². The van der Waals surface area contributed by atoms with Gasteiger partial charge in [-0.2, -0.15) is 5.10 Å². The molecular weight excluding hydrogens is 312 g/mol. The SMILES string of the molecule is Cn1nc(-c2ccccc2)c2c1CCN(CCN1CCOCC1)CC2. The summed E-state index contributed by atoms with van der Waals surface area (Å²) < 4.78 is 7.55. The molecule has 0 N–H and O–H groups in total. The molecule has 4 rings (SSSR count). The maximum Gasteiger partial charge on any atom is 0.0958 e. The second-order valence-corrected chi connectivity index (χ2v) is 7.06. The van der Waals surface area contributed by atoms with Crippen molar-refractivity contribution in [2.24, 2.45) is 7.05 Å². The Labute approximate surface area is 150 Å². The zero-order chi connectivity index (χ0) is 17.1. The molecule has 0 atom stereocenters. The minimum absolute atomic E-state index is 0.886. The van der Waals surface area contributed by atoms with E-state index in [0.717, 1.165) is 65.3 Å². The summed E-state index contributed by atoms with van der Waals surface area (Å²) in [4.78, 5) is 5.14. The van der Waals surface area contributed by atoms with Gasteiger partial charge in [0.05, 0.1) is 18.9 Å². The smallest absolute Gasteiger partial charge is 0.0958 e. The number of rotatable bonds is 4. The number of morpholine rings is 1. The number of hydrogen-bond acceptors (Lipinski definition) is 4. The third kappa shape index (κ3) is 3.78. The molecule has 2 aliphatic heterocycles. The Kier molecular flexibility index (Phi) is 5.15. The van der Waals surface area contributed by atoms with Gasteiger partial charge in [0, 0.05) is 69.6 Å². The number of ether oxygens (including phenoxy) is 1. The lowest BCUT2D eigenvalue weighted by atomic mass is 10.0. The van der Waals surface area contributed by atoms with Gasteiger partial charge in [-0.25, -0.2) is 0 Å². The van der Waals surface area contributed by atoms with Crippen LogP contribution in [0.5, 0.6) is 0 Å². The molecule has 2 aliphatic rings. The molecule has 0 amide bonds. The summed E-state index contributed by atoms with van der Waals surface area (Å²) in [5, 5.41) is 4.82. The molecule has 0 saturated carbocycles. The van der Waals surface area contributed by atoms with Crippen LogP contribution in [0.4, 0.5) is 0 Å². The van der Waals surface area contributed by atoms with Gasteiger partial charge in [-0.3, -0.25) is 9.58 Å². The van der Waals surface area contributed by atoms with Crippen LogP contribution in [0.15, 0.2) is 30.3 Å². The van der Waals surface area contributed by atoms with Crippen LogP contribution in [0.2, 0.25) is 0 Å². The fourth-order valence-electron chi connectivity index (χ4n) is 3.98. The Morgan fingerprint density at radius 2 is 1.60 bits per heavy atom. The topological polar surface area (TPSA) is 33.5 Å². The van der Waals surface area contributed by atoms with E-state index in [2.05, 4.69) is 51.9 Å². The van der Waals surface area contributed by atoms with E-state index in [1.54, 1.807) is 0 Å². The largest absolute Gasteiger partial charge is 0.379 e. The van der Waals surface area contributed by atoms with Crippen LogP contribution in [0, 0.1) is 0 Å². The molecule has 134 valence electrons. The van der Waals surface area contributed by atoms with Crippen LogP contribution in [0.3, 0.4) is 0 Å². The van der Waals surface area contributed by atoms with E-state index in [0.29, 0.717) is 0 Å². The molecular formula is C20H28N4O. The van der Waals surface area contributed by atoms with Crippen molar-refractivity contribution in [2.45, 2.75) is 12.8 Å². The normalized spacial score (nSPS) is 19.6. The van der Waals surface area contributed by atoms with Gasteiger partial charge >= 0.3 is 0 Å². The Morgan fingerprint density at radius 3 is 2.36 bits per heavy atom. The van der Waals surface area contributed by atoms with Crippen LogP contribution in [-0.2, 0) is 24.6 Å². The first kappa shape index (κ1) is 16.8. The molecule has 1 aromatic heterocycles. The quantitative estimate of drug-likeness (QED) is 0.850. The molecule has 2 aromatic rings. The minimum atomic E-state index is 0.886. The lowest BCUT2D eigenvalue weighted by molar-refractivity contribution is 0.0335. The number of fused-ring (bicyclic) bond motifs is 1. The molecule has 5 nitrogen and oxygen atoms in total. The Balaban J connectivity index is 1.43. The van der Waals surface area contributed by atoms with Gasteiger partial charge in [0.2, 0.25) is 0 Å². The minimum Gasteiger partial charge on any atom is -0.379 e. The molecule has 1 fully saturated rings. The van der Waals surface area contributed by atoms with Gasteiger partial charge in [-0.05, 0) is 6.42 Å². The van der Waals surface area contributed by atoms with Crippen molar-refractivity contribution in [3.05, 3.63) is 41.6 Å². The first-order chi connectivity index (χ1) is 12.3. The summed E-state index contributed by atoms with van der Waals surface area (Å²) in [6.45, 7) is 8.50. The molecule has 1 aromatic carbocycles. The molecule has 0 bridgehead atoms. The van der Waals surface area contributed by atoms with E-state index in [1.807, 2.05) is 0 Å². The van der Waals surface area contributed by atoms with Gasteiger partial charge in [-0.15, -0.1) is 0 Å². The van der Waals surface area contributed by atoms with E-state index in [-0.39, 0.29) is 0 Å². The van der Waals surface area contributed by atoms with Crippen molar-refractivity contribution < 1.29 is 4.74 Å². The average Bonchev–Trinajstić information content (AvgIpc) is 2.84. The van der Waals surface area contributed by atoms with E-state index in [4.69, 9.17) is 9.84 Å². The van der Waals surface area contributed by atoms with Gasteiger partial charge in [0.25, 0.3) is 0 Å². The van der Waals surface area contributed by atoms with Crippen molar-refractivity contribution >= 4 is 0 Å². The third-order valence-electron chi connectivity index (χ3n) is 5.50. The number of aromatic nitrogens is 2. The van der Waals surface area contributed by atoms with Gasteiger partial charge < -0.3 is 9.64 Å². The van der Waals surface area contributed by atoms with E-state index in [9.17, 15) is 0 Å². The number of hydrogen-bond donors (Lipinski definition) is 0. The molecule has 5 heteroatoms. The fraction of sp³-hybridized carbons (Fsp3) is 0.550. The maximum absolute atomic E-state index is 5.45. The molecule has 0 aliphatic carbocycles. The summed E-state index contributed by atoms with van der Waals surface area (Å²) in [5.74, 6) is 0. The standard InChI is InChI=1S/C20H28N4O/c1-22-19-8-10-23(11-12-24-13-15-25-16-14-24)9-7-18(19)20(21-22)17-5-3-2-4-6-17/h2-6H,7-16H2,1H3. The van der Waals surface area contributed by atoms with Crippen LogP contribution >= 0.6 is 0 Å². The van der Waals surface area contributed by atoms with E-state index in [1.165, 1.54) is 22.5 Å². The predicted molar refractivity (Wildman–Crippen MR) is 99.8 cm³/mol. The van der Waals surface area contributed by atoms with Gasteiger partial charge in [0.15, 0.2) is 0 Å². The van der Waals surface area contributed by atoms with Crippen LogP contribution in [-0.4, -0.2) is 72.1 Å². The monoisotopic (exact) mass is 340 g/mol. The van der Waals surface area contributed by atoms with Crippen molar-refractivity contribution in [3.63, 3.8) is 0 Å². The molecule has 3 heterocycles. The highest BCUT2D eigenvalue weighted by atomic mass is 16.5. The summed E-state index contributed by atoms with van der Waals surface area (Å²) in [7, 11) is 2.09. The highest BCUT2D eigenvalue weighted by Gasteiger charge is 2.22. The fourth-order valence-corrected chi connectivity index (χ4v) is 3.98. The van der Waals surface area contributed by atoms with Gasteiger partial charge in [-0.1, -0.05) is 30.3 Å². The Hall–Kier alpha value is -1.69. The molecule has 25 heavy (non-hydrogen) atoms. The first-order valence-electron chi connectivity index (χ1n) is 9.44. The lowest BCUT2D eigenvalue weighted by Crippen LogP contribution is -2.42. The van der Waals surface area contributed by atoms with Gasteiger partial charge in [0.1, 0.15) is 0 Å². The average molecular weight is 340 g/mol. The summed E-state index contributed by atoms with van der Waals surface area (Å²) in [5.41, 5.74) is 5.27. The first-order valence-corrected chi connectivity index (χ1v) is 9.44. The highest BCUT2D eigenvalue weighted by molar-refractivity contribution is 5.64. The Bertz CT molecular complexity index is 691. The summed E-state index contributed by atoms with van der Waals surface area (Å²) in [6.07, 6.45) is 2.19. The highest BCUT2D eigenvalue weighted by Crippen LogP contribution is 2.27. The molecule has 1 saturated heterocycles. The Morgan fingerprint density at radius 1 is 0.920 bits per heavy atom. The molecule has 0 radical (unpaired) electrons.